The molecular formula is C21H23BFN5O2. The van der Waals surface area contributed by atoms with E-state index in [2.05, 4.69) is 15.5 Å². The molecule has 1 unspecified atom stereocenters. The van der Waals surface area contributed by atoms with E-state index in [0.29, 0.717) is 36.6 Å². The van der Waals surface area contributed by atoms with E-state index in [4.69, 9.17) is 4.98 Å². The zero-order chi connectivity index (χ0) is 21.3. The second kappa shape index (κ2) is 8.37. The summed E-state index contributed by atoms with van der Waals surface area (Å²) in [7, 11) is -1.53. The van der Waals surface area contributed by atoms with Crippen LogP contribution in [0.15, 0.2) is 42.5 Å². The molecule has 0 saturated heterocycles. The number of hydrogen-bond acceptors (Lipinski definition) is 7. The van der Waals surface area contributed by atoms with Crippen molar-refractivity contribution < 1.29 is 14.4 Å². The van der Waals surface area contributed by atoms with E-state index in [9.17, 15) is 14.4 Å². The molecule has 1 atom stereocenters. The first-order valence-electron chi connectivity index (χ1n) is 9.97. The Hall–Kier alpha value is -3.04. The smallest absolute Gasteiger partial charge is 0.423 e. The SMILES string of the molecule is CCc1nnc(N2c3cccc(B(O)O)c3CC2C)nc1NCc1cccc(F)c1. The van der Waals surface area contributed by atoms with Gasteiger partial charge in [-0.3, -0.25) is 0 Å². The molecular weight excluding hydrogens is 384 g/mol. The second-order valence-electron chi connectivity index (χ2n) is 7.39. The summed E-state index contributed by atoms with van der Waals surface area (Å²) in [4.78, 5) is 6.67. The number of anilines is 3. The molecule has 0 amide bonds. The molecule has 2 heterocycles. The van der Waals surface area contributed by atoms with Crippen molar-refractivity contribution in [2.24, 2.45) is 0 Å². The molecule has 1 aliphatic heterocycles. The first kappa shape index (κ1) is 20.2. The van der Waals surface area contributed by atoms with Gasteiger partial charge in [-0.05, 0) is 54.6 Å². The molecule has 9 heteroatoms. The summed E-state index contributed by atoms with van der Waals surface area (Å²) in [5, 5.41) is 31.3. The predicted molar refractivity (Wildman–Crippen MR) is 115 cm³/mol. The molecule has 0 bridgehead atoms. The average Bonchev–Trinajstić information content (AvgIpc) is 3.07. The largest absolute Gasteiger partial charge is 0.488 e. The van der Waals surface area contributed by atoms with Crippen LogP contribution < -0.4 is 15.7 Å². The summed E-state index contributed by atoms with van der Waals surface area (Å²) >= 11 is 0. The van der Waals surface area contributed by atoms with Crippen LogP contribution in [-0.2, 0) is 19.4 Å². The van der Waals surface area contributed by atoms with Crippen LogP contribution in [0.2, 0.25) is 0 Å². The molecule has 4 rings (SSSR count). The van der Waals surface area contributed by atoms with Crippen molar-refractivity contribution in [3.63, 3.8) is 0 Å². The molecule has 0 radical (unpaired) electrons. The molecule has 154 valence electrons. The first-order chi connectivity index (χ1) is 14.5. The van der Waals surface area contributed by atoms with Gasteiger partial charge < -0.3 is 20.3 Å². The third kappa shape index (κ3) is 3.86. The Morgan fingerprint density at radius 3 is 2.73 bits per heavy atom. The van der Waals surface area contributed by atoms with Crippen molar-refractivity contribution in [2.75, 3.05) is 10.2 Å². The monoisotopic (exact) mass is 407 g/mol. The van der Waals surface area contributed by atoms with Crippen LogP contribution in [0.1, 0.15) is 30.7 Å². The quantitative estimate of drug-likeness (QED) is 0.538. The Labute approximate surface area is 174 Å². The van der Waals surface area contributed by atoms with Gasteiger partial charge in [0.15, 0.2) is 5.82 Å². The summed E-state index contributed by atoms with van der Waals surface area (Å²) in [6.45, 7) is 4.42. The molecule has 7 nitrogen and oxygen atoms in total. The van der Waals surface area contributed by atoms with Crippen LogP contribution in [-0.4, -0.2) is 38.4 Å². The average molecular weight is 407 g/mol. The topological polar surface area (TPSA) is 94.4 Å². The van der Waals surface area contributed by atoms with Crippen LogP contribution >= 0.6 is 0 Å². The molecule has 0 aliphatic carbocycles. The highest BCUT2D eigenvalue weighted by Gasteiger charge is 2.33. The molecule has 2 aromatic carbocycles. The maximum atomic E-state index is 13.5. The van der Waals surface area contributed by atoms with E-state index in [-0.39, 0.29) is 11.9 Å². The van der Waals surface area contributed by atoms with E-state index in [1.54, 1.807) is 18.2 Å². The molecule has 3 N–H and O–H groups in total. The van der Waals surface area contributed by atoms with Gasteiger partial charge in [0.2, 0.25) is 0 Å². The number of benzene rings is 2. The predicted octanol–water partition coefficient (Wildman–Crippen LogP) is 1.95. The van der Waals surface area contributed by atoms with Gasteiger partial charge in [-0.1, -0.05) is 31.2 Å². The summed E-state index contributed by atoms with van der Waals surface area (Å²) in [6, 6.07) is 11.9. The standard InChI is InChI=1S/C21H23BFN5O2/c1-3-18-20(24-12-14-6-4-7-15(23)11-14)25-21(27-26-18)28-13(2)10-16-17(22(29)30)8-5-9-19(16)28/h4-9,11,13,29-30H,3,10,12H2,1-2H3,(H,24,25,27). The van der Waals surface area contributed by atoms with Gasteiger partial charge in [-0.2, -0.15) is 4.98 Å². The number of aryl methyl sites for hydroxylation is 1. The number of fused-ring (bicyclic) bond motifs is 1. The van der Waals surface area contributed by atoms with E-state index in [1.165, 1.54) is 12.1 Å². The van der Waals surface area contributed by atoms with Crippen molar-refractivity contribution in [2.45, 2.75) is 39.3 Å². The minimum atomic E-state index is -1.53. The Morgan fingerprint density at radius 2 is 2.00 bits per heavy atom. The minimum Gasteiger partial charge on any atom is -0.423 e. The third-order valence-corrected chi connectivity index (χ3v) is 5.31. The van der Waals surface area contributed by atoms with Crippen LogP contribution in [0, 0.1) is 5.82 Å². The van der Waals surface area contributed by atoms with Gasteiger partial charge >= 0.3 is 7.12 Å². The lowest BCUT2D eigenvalue weighted by molar-refractivity contribution is 0.425. The highest BCUT2D eigenvalue weighted by atomic mass is 19.1. The van der Waals surface area contributed by atoms with Crippen molar-refractivity contribution >= 4 is 30.0 Å². The van der Waals surface area contributed by atoms with Crippen LogP contribution in [0.3, 0.4) is 0 Å². The lowest BCUT2D eigenvalue weighted by Gasteiger charge is -2.23. The molecule has 0 fully saturated rings. The van der Waals surface area contributed by atoms with Crippen molar-refractivity contribution in [3.8, 4) is 0 Å². The number of hydrogen-bond donors (Lipinski definition) is 3. The molecule has 30 heavy (non-hydrogen) atoms. The number of rotatable bonds is 6. The molecule has 3 aromatic rings. The van der Waals surface area contributed by atoms with Crippen molar-refractivity contribution in [1.29, 1.82) is 0 Å². The maximum Gasteiger partial charge on any atom is 0.488 e. The number of aromatic nitrogens is 3. The lowest BCUT2D eigenvalue weighted by atomic mass is 9.76. The van der Waals surface area contributed by atoms with Crippen LogP contribution in [0.4, 0.5) is 21.8 Å². The Morgan fingerprint density at radius 1 is 1.20 bits per heavy atom. The fourth-order valence-electron chi connectivity index (χ4n) is 3.86. The van der Waals surface area contributed by atoms with Gasteiger partial charge in [-0.15, -0.1) is 10.2 Å². The van der Waals surface area contributed by atoms with E-state index < -0.39 is 7.12 Å². The lowest BCUT2D eigenvalue weighted by Crippen LogP contribution is -2.32. The number of nitrogens with one attached hydrogen (secondary N) is 1. The van der Waals surface area contributed by atoms with Crippen LogP contribution in [0.25, 0.3) is 0 Å². The van der Waals surface area contributed by atoms with Gasteiger partial charge in [-0.25, -0.2) is 4.39 Å². The zero-order valence-corrected chi connectivity index (χ0v) is 16.9. The molecule has 1 aliphatic rings. The molecule has 0 saturated carbocycles. The van der Waals surface area contributed by atoms with Gasteiger partial charge in [0, 0.05) is 18.3 Å². The zero-order valence-electron chi connectivity index (χ0n) is 16.9. The minimum absolute atomic E-state index is 0.0326. The number of nitrogens with zero attached hydrogens (tertiary/aromatic N) is 4. The fourth-order valence-corrected chi connectivity index (χ4v) is 3.86. The van der Waals surface area contributed by atoms with E-state index >= 15 is 0 Å². The first-order valence-corrected chi connectivity index (χ1v) is 9.97. The van der Waals surface area contributed by atoms with Gasteiger partial charge in [0.25, 0.3) is 5.95 Å². The summed E-state index contributed by atoms with van der Waals surface area (Å²) in [5.74, 6) is 0.756. The highest BCUT2D eigenvalue weighted by Crippen LogP contribution is 2.36. The maximum absolute atomic E-state index is 13.5. The molecule has 1 aromatic heterocycles. The Bertz CT molecular complexity index is 1070. The van der Waals surface area contributed by atoms with Crippen LogP contribution in [0.5, 0.6) is 0 Å². The summed E-state index contributed by atoms with van der Waals surface area (Å²) < 4.78 is 13.5. The van der Waals surface area contributed by atoms with E-state index in [0.717, 1.165) is 22.5 Å². The normalized spacial score (nSPS) is 15.2. The highest BCUT2D eigenvalue weighted by molar-refractivity contribution is 6.59. The Balaban J connectivity index is 1.66. The van der Waals surface area contributed by atoms with Gasteiger partial charge in [0.05, 0.1) is 0 Å². The molecule has 0 spiro atoms. The van der Waals surface area contributed by atoms with Gasteiger partial charge in [0.1, 0.15) is 11.5 Å². The summed E-state index contributed by atoms with van der Waals surface area (Å²) in [6.07, 6.45) is 1.30. The second-order valence-corrected chi connectivity index (χ2v) is 7.39. The third-order valence-electron chi connectivity index (χ3n) is 5.31. The fraction of sp³-hybridized carbons (Fsp3) is 0.286. The van der Waals surface area contributed by atoms with Crippen molar-refractivity contribution in [3.05, 3.63) is 65.1 Å². The number of halogens is 1. The van der Waals surface area contributed by atoms with Crippen molar-refractivity contribution in [1.82, 2.24) is 15.2 Å². The Kier molecular flexibility index (Phi) is 5.65. The van der Waals surface area contributed by atoms with E-state index in [1.807, 2.05) is 30.9 Å². The summed E-state index contributed by atoms with van der Waals surface area (Å²) in [5.41, 5.74) is 3.73.